The summed E-state index contributed by atoms with van der Waals surface area (Å²) in [7, 11) is 1.55. The fourth-order valence-electron chi connectivity index (χ4n) is 1.68. The van der Waals surface area contributed by atoms with Gasteiger partial charge in [-0.25, -0.2) is 0 Å². The number of benzene rings is 1. The van der Waals surface area contributed by atoms with Crippen LogP contribution in [0.25, 0.3) is 0 Å². The lowest BCUT2D eigenvalue weighted by Gasteiger charge is -2.16. The normalized spacial score (nSPS) is 11.7. The molecule has 5 nitrogen and oxygen atoms in total. The van der Waals surface area contributed by atoms with Gasteiger partial charge in [0.15, 0.2) is 18.1 Å². The molecule has 1 atom stereocenters. The molecule has 0 aliphatic rings. The first-order valence-electron chi connectivity index (χ1n) is 6.37. The summed E-state index contributed by atoms with van der Waals surface area (Å²) in [6, 6.07) is 7.15. The van der Waals surface area contributed by atoms with Crippen LogP contribution in [0.2, 0.25) is 0 Å². The monoisotopic (exact) mass is 267 g/mol. The van der Waals surface area contributed by atoms with E-state index in [1.807, 2.05) is 19.1 Å². The zero-order chi connectivity index (χ0) is 14.1. The molecule has 0 saturated carbocycles. The number of nitrogens with one attached hydrogen (secondary N) is 1. The second-order valence-corrected chi connectivity index (χ2v) is 4.12. The predicted octanol–water partition coefficient (Wildman–Crippen LogP) is 1.35. The van der Waals surface area contributed by atoms with Crippen molar-refractivity contribution < 1.29 is 19.4 Å². The number of aliphatic hydroxyl groups excluding tert-OH is 1. The summed E-state index contributed by atoms with van der Waals surface area (Å²) in [5.41, 5.74) is 0. The topological polar surface area (TPSA) is 67.8 Å². The van der Waals surface area contributed by atoms with Gasteiger partial charge in [0, 0.05) is 12.6 Å². The molecule has 2 N–H and O–H groups in total. The SMILES string of the molecule is CCC(CCO)NC(=O)COc1ccccc1OC. The fraction of sp³-hybridized carbons (Fsp3) is 0.500. The molecule has 1 unspecified atom stereocenters. The third-order valence-electron chi connectivity index (χ3n) is 2.76. The number of hydrogen-bond donors (Lipinski definition) is 2. The highest BCUT2D eigenvalue weighted by atomic mass is 16.5. The number of aliphatic hydroxyl groups is 1. The fourth-order valence-corrected chi connectivity index (χ4v) is 1.68. The van der Waals surface area contributed by atoms with Crippen molar-refractivity contribution in [3.63, 3.8) is 0 Å². The number of hydrogen-bond acceptors (Lipinski definition) is 4. The van der Waals surface area contributed by atoms with Crippen molar-refractivity contribution >= 4 is 5.91 Å². The van der Waals surface area contributed by atoms with Gasteiger partial charge in [0.05, 0.1) is 7.11 Å². The van der Waals surface area contributed by atoms with Crippen molar-refractivity contribution in [3.05, 3.63) is 24.3 Å². The molecule has 0 saturated heterocycles. The highest BCUT2D eigenvalue weighted by molar-refractivity contribution is 5.77. The first-order valence-corrected chi connectivity index (χ1v) is 6.37. The van der Waals surface area contributed by atoms with Crippen LogP contribution in [0.3, 0.4) is 0 Å². The van der Waals surface area contributed by atoms with Crippen LogP contribution in [0, 0.1) is 0 Å². The van der Waals surface area contributed by atoms with Crippen molar-refractivity contribution in [2.45, 2.75) is 25.8 Å². The molecule has 5 heteroatoms. The number of amides is 1. The molecule has 0 aliphatic heterocycles. The zero-order valence-electron chi connectivity index (χ0n) is 11.4. The molecule has 19 heavy (non-hydrogen) atoms. The standard InChI is InChI=1S/C14H21NO4/c1-3-11(8-9-16)15-14(17)10-19-13-7-5-4-6-12(13)18-2/h4-7,11,16H,3,8-10H2,1-2H3,(H,15,17). The van der Waals surface area contributed by atoms with Crippen LogP contribution >= 0.6 is 0 Å². The third kappa shape index (κ3) is 5.18. The molecule has 0 radical (unpaired) electrons. The van der Waals surface area contributed by atoms with Gasteiger partial charge in [0.1, 0.15) is 0 Å². The Morgan fingerprint density at radius 3 is 2.63 bits per heavy atom. The molecular formula is C14H21NO4. The van der Waals surface area contributed by atoms with Crippen LogP contribution < -0.4 is 14.8 Å². The van der Waals surface area contributed by atoms with Crippen LogP contribution in [0.1, 0.15) is 19.8 Å². The molecule has 1 aromatic rings. The molecule has 1 amide bonds. The van der Waals surface area contributed by atoms with Gasteiger partial charge in [0.25, 0.3) is 5.91 Å². The van der Waals surface area contributed by atoms with E-state index in [4.69, 9.17) is 14.6 Å². The number of para-hydroxylation sites is 2. The lowest BCUT2D eigenvalue weighted by atomic mass is 10.1. The van der Waals surface area contributed by atoms with E-state index in [0.29, 0.717) is 17.9 Å². The molecule has 0 heterocycles. The van der Waals surface area contributed by atoms with Crippen LogP contribution in [0.5, 0.6) is 11.5 Å². The number of carbonyl (C=O) groups excluding carboxylic acids is 1. The first kappa shape index (κ1) is 15.3. The van der Waals surface area contributed by atoms with Gasteiger partial charge in [-0.1, -0.05) is 19.1 Å². The number of carbonyl (C=O) groups is 1. The largest absolute Gasteiger partial charge is 0.493 e. The van der Waals surface area contributed by atoms with E-state index < -0.39 is 0 Å². The molecule has 0 bridgehead atoms. The Kier molecular flexibility index (Phi) is 6.74. The van der Waals surface area contributed by atoms with Gasteiger partial charge >= 0.3 is 0 Å². The van der Waals surface area contributed by atoms with E-state index in [1.165, 1.54) is 0 Å². The Bertz CT molecular complexity index is 395. The van der Waals surface area contributed by atoms with Crippen molar-refractivity contribution in [3.8, 4) is 11.5 Å². The second kappa shape index (κ2) is 8.37. The van der Waals surface area contributed by atoms with E-state index >= 15 is 0 Å². The van der Waals surface area contributed by atoms with Gasteiger partial charge < -0.3 is 19.9 Å². The average Bonchev–Trinajstić information content (AvgIpc) is 2.44. The maximum absolute atomic E-state index is 11.7. The minimum absolute atomic E-state index is 0.0150. The van der Waals surface area contributed by atoms with E-state index in [9.17, 15) is 4.79 Å². The minimum Gasteiger partial charge on any atom is -0.493 e. The minimum atomic E-state index is -0.203. The predicted molar refractivity (Wildman–Crippen MR) is 72.4 cm³/mol. The Hall–Kier alpha value is -1.75. The summed E-state index contributed by atoms with van der Waals surface area (Å²) >= 11 is 0. The number of rotatable bonds is 8. The Morgan fingerprint density at radius 2 is 2.05 bits per heavy atom. The van der Waals surface area contributed by atoms with E-state index in [2.05, 4.69) is 5.32 Å². The van der Waals surface area contributed by atoms with Gasteiger partial charge in [-0.2, -0.15) is 0 Å². The molecule has 0 spiro atoms. The number of methoxy groups -OCH3 is 1. The average molecular weight is 267 g/mol. The molecule has 0 aliphatic carbocycles. The van der Waals surface area contributed by atoms with E-state index in [1.54, 1.807) is 19.2 Å². The Morgan fingerprint density at radius 1 is 1.37 bits per heavy atom. The van der Waals surface area contributed by atoms with Gasteiger partial charge in [0.2, 0.25) is 0 Å². The molecule has 106 valence electrons. The maximum Gasteiger partial charge on any atom is 0.258 e. The third-order valence-corrected chi connectivity index (χ3v) is 2.76. The Labute approximate surface area is 113 Å². The van der Waals surface area contributed by atoms with Crippen LogP contribution in [-0.4, -0.2) is 37.4 Å². The second-order valence-electron chi connectivity index (χ2n) is 4.12. The van der Waals surface area contributed by atoms with Crippen LogP contribution in [0.15, 0.2) is 24.3 Å². The summed E-state index contributed by atoms with van der Waals surface area (Å²) < 4.78 is 10.5. The quantitative estimate of drug-likeness (QED) is 0.746. The van der Waals surface area contributed by atoms with Crippen molar-refractivity contribution in [1.82, 2.24) is 5.32 Å². The van der Waals surface area contributed by atoms with Gasteiger partial charge in [-0.3, -0.25) is 4.79 Å². The molecule has 1 aromatic carbocycles. The molecule has 0 aromatic heterocycles. The summed E-state index contributed by atoms with van der Waals surface area (Å²) in [4.78, 5) is 11.7. The summed E-state index contributed by atoms with van der Waals surface area (Å²) in [6.45, 7) is 1.95. The Balaban J connectivity index is 2.45. The molecule has 1 rings (SSSR count). The summed E-state index contributed by atoms with van der Waals surface area (Å²) in [6.07, 6.45) is 1.33. The highest BCUT2D eigenvalue weighted by Gasteiger charge is 2.11. The number of ether oxygens (including phenoxy) is 2. The van der Waals surface area contributed by atoms with Crippen LogP contribution in [-0.2, 0) is 4.79 Å². The smallest absolute Gasteiger partial charge is 0.258 e. The van der Waals surface area contributed by atoms with Crippen molar-refractivity contribution in [2.24, 2.45) is 0 Å². The maximum atomic E-state index is 11.7. The van der Waals surface area contributed by atoms with Crippen molar-refractivity contribution in [2.75, 3.05) is 20.3 Å². The summed E-state index contributed by atoms with van der Waals surface area (Å²) in [5.74, 6) is 0.930. The zero-order valence-corrected chi connectivity index (χ0v) is 11.4. The lowest BCUT2D eigenvalue weighted by Crippen LogP contribution is -2.38. The van der Waals surface area contributed by atoms with Gasteiger partial charge in [-0.05, 0) is 25.0 Å². The van der Waals surface area contributed by atoms with E-state index in [-0.39, 0.29) is 25.2 Å². The van der Waals surface area contributed by atoms with Crippen molar-refractivity contribution in [1.29, 1.82) is 0 Å². The first-order chi connectivity index (χ1) is 9.21. The highest BCUT2D eigenvalue weighted by Crippen LogP contribution is 2.25. The molecule has 0 fully saturated rings. The summed E-state index contributed by atoms with van der Waals surface area (Å²) in [5, 5.41) is 11.7. The molecular weight excluding hydrogens is 246 g/mol. The lowest BCUT2D eigenvalue weighted by molar-refractivity contribution is -0.123. The van der Waals surface area contributed by atoms with Crippen LogP contribution in [0.4, 0.5) is 0 Å². The van der Waals surface area contributed by atoms with E-state index in [0.717, 1.165) is 6.42 Å². The van der Waals surface area contributed by atoms with Gasteiger partial charge in [-0.15, -0.1) is 0 Å².